The van der Waals surface area contributed by atoms with Crippen molar-refractivity contribution in [2.75, 3.05) is 33.8 Å². The molecule has 5 nitrogen and oxygen atoms in total. The smallest absolute Gasteiger partial charge is 0.305 e. The molecule has 1 fully saturated rings. The third kappa shape index (κ3) is 7.44. The number of rotatable bonds is 10. The van der Waals surface area contributed by atoms with E-state index in [9.17, 15) is 9.59 Å². The van der Waals surface area contributed by atoms with Crippen molar-refractivity contribution >= 4 is 46.3 Å². The number of esters is 1. The summed E-state index contributed by atoms with van der Waals surface area (Å²) in [4.78, 5) is 28.2. The number of amides is 1. The fourth-order valence-corrected chi connectivity index (χ4v) is 3.84. The standard InChI is InChI=1S/C20H26N2O3S2/c1-21(2)13-14-25-18(23)11-7-4-8-12-22-19(26)17(27-20(22)24)15-16-9-5-3-6-10-16/h3,5-6,9-10,15H,4,7-8,11-14H2,1-2H3/p+1/b17-15+. The highest BCUT2D eigenvalue weighted by molar-refractivity contribution is 8.19. The molecule has 1 aromatic rings. The lowest BCUT2D eigenvalue weighted by Gasteiger charge is -2.14. The molecule has 7 heteroatoms. The van der Waals surface area contributed by atoms with E-state index >= 15 is 0 Å². The second-order valence-electron chi connectivity index (χ2n) is 6.73. The van der Waals surface area contributed by atoms with Crippen LogP contribution in [0.1, 0.15) is 31.2 Å². The first-order valence-electron chi connectivity index (χ1n) is 9.22. The molecular weight excluding hydrogens is 380 g/mol. The number of thioether (sulfide) groups is 1. The number of carbonyl (C=O) groups is 2. The van der Waals surface area contributed by atoms with Gasteiger partial charge >= 0.3 is 5.97 Å². The number of hydrogen-bond donors (Lipinski definition) is 1. The van der Waals surface area contributed by atoms with E-state index in [4.69, 9.17) is 17.0 Å². The third-order valence-electron chi connectivity index (χ3n) is 4.10. The zero-order valence-electron chi connectivity index (χ0n) is 15.9. The minimum Gasteiger partial charge on any atom is -0.460 e. The van der Waals surface area contributed by atoms with Gasteiger partial charge in [-0.1, -0.05) is 49.0 Å². The van der Waals surface area contributed by atoms with Crippen LogP contribution in [0.15, 0.2) is 35.2 Å². The molecular formula is C20H27N2O3S2+. The summed E-state index contributed by atoms with van der Waals surface area (Å²) in [6.07, 6.45) is 4.83. The number of nitrogens with zero attached hydrogens (tertiary/aromatic N) is 1. The van der Waals surface area contributed by atoms with Crippen LogP contribution in [-0.4, -0.2) is 54.9 Å². The second-order valence-corrected chi connectivity index (χ2v) is 8.11. The molecule has 1 heterocycles. The molecule has 1 amide bonds. The van der Waals surface area contributed by atoms with Crippen molar-refractivity contribution in [2.45, 2.75) is 25.7 Å². The van der Waals surface area contributed by atoms with Gasteiger partial charge in [-0.2, -0.15) is 0 Å². The Balaban J connectivity index is 1.69. The van der Waals surface area contributed by atoms with Gasteiger partial charge in [0.15, 0.2) is 0 Å². The second kappa shape index (κ2) is 11.2. The number of likely N-dealkylation sites (N-methyl/N-ethyl adjacent to an activating group) is 1. The first kappa shape index (κ1) is 21.6. The Kier molecular flexibility index (Phi) is 8.97. The molecule has 27 heavy (non-hydrogen) atoms. The minimum absolute atomic E-state index is 0.0206. The fraction of sp³-hybridized carbons (Fsp3) is 0.450. The lowest BCUT2D eigenvalue weighted by molar-refractivity contribution is -0.858. The Morgan fingerprint density at radius 1 is 1.22 bits per heavy atom. The summed E-state index contributed by atoms with van der Waals surface area (Å²) in [6, 6.07) is 9.85. The summed E-state index contributed by atoms with van der Waals surface area (Å²) in [5.41, 5.74) is 1.03. The molecule has 0 radical (unpaired) electrons. The average Bonchev–Trinajstić information content (AvgIpc) is 2.89. The highest BCUT2D eigenvalue weighted by Gasteiger charge is 2.30. The first-order chi connectivity index (χ1) is 13.0. The van der Waals surface area contributed by atoms with E-state index < -0.39 is 0 Å². The van der Waals surface area contributed by atoms with Gasteiger partial charge in [0.25, 0.3) is 5.24 Å². The Labute approximate surface area is 170 Å². The highest BCUT2D eigenvalue weighted by Crippen LogP contribution is 2.33. The van der Waals surface area contributed by atoms with Crippen molar-refractivity contribution in [3.8, 4) is 0 Å². The van der Waals surface area contributed by atoms with Crippen LogP contribution < -0.4 is 4.90 Å². The van der Waals surface area contributed by atoms with Gasteiger partial charge in [0.05, 0.1) is 19.0 Å². The Hall–Kier alpha value is -1.70. The van der Waals surface area contributed by atoms with E-state index in [0.29, 0.717) is 24.6 Å². The van der Waals surface area contributed by atoms with Crippen LogP contribution >= 0.6 is 24.0 Å². The zero-order valence-corrected chi connectivity index (χ0v) is 17.5. The van der Waals surface area contributed by atoms with Crippen LogP contribution in [0.5, 0.6) is 0 Å². The van der Waals surface area contributed by atoms with E-state index in [1.807, 2.05) is 50.5 Å². The molecule has 0 spiro atoms. The molecule has 1 aliphatic heterocycles. The van der Waals surface area contributed by atoms with E-state index in [0.717, 1.165) is 36.3 Å². The fourth-order valence-electron chi connectivity index (χ4n) is 2.55. The maximum Gasteiger partial charge on any atom is 0.305 e. The maximum absolute atomic E-state index is 12.2. The largest absolute Gasteiger partial charge is 0.460 e. The lowest BCUT2D eigenvalue weighted by atomic mass is 10.2. The van der Waals surface area contributed by atoms with Crippen molar-refractivity contribution < 1.29 is 19.2 Å². The van der Waals surface area contributed by atoms with Gasteiger partial charge in [-0.25, -0.2) is 0 Å². The number of quaternary nitrogens is 1. The van der Waals surface area contributed by atoms with Gasteiger partial charge in [-0.3, -0.25) is 14.5 Å². The van der Waals surface area contributed by atoms with Gasteiger partial charge in [0.1, 0.15) is 18.1 Å². The number of unbranched alkanes of at least 4 members (excludes halogenated alkanes) is 2. The third-order valence-corrected chi connectivity index (χ3v) is 5.59. The Bertz CT molecular complexity index is 690. The SMILES string of the molecule is C[NH+](C)CCOC(=O)CCCCCN1C(=O)S/C(=C/c2ccccc2)C1=S. The normalized spacial score (nSPS) is 15.8. The monoisotopic (exact) mass is 407 g/mol. The number of carbonyl (C=O) groups excluding carboxylic acids is 2. The summed E-state index contributed by atoms with van der Waals surface area (Å²) < 4.78 is 5.18. The maximum atomic E-state index is 12.2. The van der Waals surface area contributed by atoms with Crippen LogP contribution in [0.25, 0.3) is 6.08 Å². The van der Waals surface area contributed by atoms with Crippen LogP contribution in [0, 0.1) is 0 Å². The molecule has 1 aliphatic rings. The molecule has 1 saturated heterocycles. The van der Waals surface area contributed by atoms with Gasteiger partial charge in [-0.05, 0) is 36.2 Å². The molecule has 1 aromatic carbocycles. The Morgan fingerprint density at radius 3 is 2.67 bits per heavy atom. The van der Waals surface area contributed by atoms with Crippen molar-refractivity contribution in [3.63, 3.8) is 0 Å². The van der Waals surface area contributed by atoms with E-state index in [2.05, 4.69) is 0 Å². The minimum atomic E-state index is -0.146. The Morgan fingerprint density at radius 2 is 1.96 bits per heavy atom. The summed E-state index contributed by atoms with van der Waals surface area (Å²) in [6.45, 7) is 1.87. The van der Waals surface area contributed by atoms with E-state index in [1.165, 1.54) is 16.7 Å². The van der Waals surface area contributed by atoms with Crippen molar-refractivity contribution in [1.29, 1.82) is 0 Å². The van der Waals surface area contributed by atoms with Crippen LogP contribution in [-0.2, 0) is 9.53 Å². The molecule has 0 saturated carbocycles. The topological polar surface area (TPSA) is 51.1 Å². The molecule has 0 atom stereocenters. The number of ether oxygens (including phenoxy) is 1. The highest BCUT2D eigenvalue weighted by atomic mass is 32.2. The zero-order chi connectivity index (χ0) is 19.6. The quantitative estimate of drug-likeness (QED) is 0.280. The predicted octanol–water partition coefficient (Wildman–Crippen LogP) is 2.77. The average molecular weight is 408 g/mol. The molecule has 0 unspecified atom stereocenters. The summed E-state index contributed by atoms with van der Waals surface area (Å²) in [5, 5.41) is -0.0206. The number of benzene rings is 1. The summed E-state index contributed by atoms with van der Waals surface area (Å²) in [5.74, 6) is -0.146. The lowest BCUT2D eigenvalue weighted by Crippen LogP contribution is -3.06. The van der Waals surface area contributed by atoms with Crippen molar-refractivity contribution in [1.82, 2.24) is 4.90 Å². The van der Waals surface area contributed by atoms with Gasteiger partial charge in [-0.15, -0.1) is 0 Å². The van der Waals surface area contributed by atoms with Crippen LogP contribution in [0.2, 0.25) is 0 Å². The van der Waals surface area contributed by atoms with Crippen molar-refractivity contribution in [3.05, 3.63) is 40.8 Å². The number of hydrogen-bond acceptors (Lipinski definition) is 5. The number of nitrogens with one attached hydrogen (secondary N) is 1. The molecule has 146 valence electrons. The van der Waals surface area contributed by atoms with E-state index in [1.54, 1.807) is 4.90 Å². The number of thiocarbonyl (C=S) groups is 1. The van der Waals surface area contributed by atoms with Crippen LogP contribution in [0.4, 0.5) is 4.79 Å². The van der Waals surface area contributed by atoms with Crippen molar-refractivity contribution in [2.24, 2.45) is 0 Å². The molecule has 0 aliphatic carbocycles. The molecule has 1 N–H and O–H groups in total. The van der Waals surface area contributed by atoms with Gasteiger partial charge < -0.3 is 9.64 Å². The summed E-state index contributed by atoms with van der Waals surface area (Å²) >= 11 is 6.65. The predicted molar refractivity (Wildman–Crippen MR) is 114 cm³/mol. The van der Waals surface area contributed by atoms with Gasteiger partial charge in [0, 0.05) is 13.0 Å². The van der Waals surface area contributed by atoms with E-state index in [-0.39, 0.29) is 11.2 Å². The molecule has 0 aromatic heterocycles. The first-order valence-corrected chi connectivity index (χ1v) is 10.4. The van der Waals surface area contributed by atoms with Crippen LogP contribution in [0.3, 0.4) is 0 Å². The molecule has 2 rings (SSSR count). The summed E-state index contributed by atoms with van der Waals surface area (Å²) in [7, 11) is 4.05. The molecule has 0 bridgehead atoms. The van der Waals surface area contributed by atoms with Gasteiger partial charge in [0.2, 0.25) is 0 Å².